The summed E-state index contributed by atoms with van der Waals surface area (Å²) in [6, 6.07) is 16.4. The quantitative estimate of drug-likeness (QED) is 0.675. The van der Waals surface area contributed by atoms with E-state index in [1.807, 2.05) is 37.3 Å². The first-order valence-electron chi connectivity index (χ1n) is 8.26. The number of aliphatic imine (C=N–C) groups is 1. The lowest BCUT2D eigenvalue weighted by molar-refractivity contribution is -0.122. The van der Waals surface area contributed by atoms with Gasteiger partial charge < -0.3 is 4.74 Å². The van der Waals surface area contributed by atoms with Crippen LogP contribution >= 0.6 is 23.4 Å². The van der Waals surface area contributed by atoms with Crippen LogP contribution < -0.4 is 4.74 Å². The van der Waals surface area contributed by atoms with Gasteiger partial charge in [0.2, 0.25) is 0 Å². The van der Waals surface area contributed by atoms with Crippen molar-refractivity contribution in [3.05, 3.63) is 64.0 Å². The number of thioether (sulfide) groups is 1. The van der Waals surface area contributed by atoms with Gasteiger partial charge in [0.1, 0.15) is 11.8 Å². The summed E-state index contributed by atoms with van der Waals surface area (Å²) in [4.78, 5) is 19.5. The Kier molecular flexibility index (Phi) is 6.17. The van der Waals surface area contributed by atoms with Gasteiger partial charge in [-0.3, -0.25) is 9.69 Å². The molecule has 1 aliphatic heterocycles. The first-order valence-corrected chi connectivity index (χ1v) is 9.45. The maximum Gasteiger partial charge on any atom is 0.266 e. The molecule has 0 saturated carbocycles. The number of benzene rings is 2. The van der Waals surface area contributed by atoms with Crippen LogP contribution in [-0.4, -0.2) is 29.1 Å². The van der Waals surface area contributed by atoms with E-state index in [1.165, 1.54) is 11.8 Å². The summed E-state index contributed by atoms with van der Waals surface area (Å²) in [5.41, 5.74) is 1.52. The Hall–Kier alpha value is -2.75. The SMILES string of the molecule is CCN1C(=O)/C(=C/c2cccc(OCC#N)c2)SC1=Nc1cccc(Cl)c1. The number of hydrogen-bond acceptors (Lipinski definition) is 5. The molecule has 0 radical (unpaired) electrons. The molecule has 0 spiro atoms. The molecule has 1 aliphatic rings. The predicted molar refractivity (Wildman–Crippen MR) is 109 cm³/mol. The summed E-state index contributed by atoms with van der Waals surface area (Å²) in [6.07, 6.45) is 1.80. The molecule has 7 heteroatoms. The van der Waals surface area contributed by atoms with Gasteiger partial charge in [0.05, 0.1) is 10.6 Å². The first-order chi connectivity index (χ1) is 13.1. The molecule has 2 aromatic rings. The molecule has 0 aliphatic carbocycles. The Bertz CT molecular complexity index is 966. The molecule has 1 heterocycles. The fraction of sp³-hybridized carbons (Fsp3) is 0.150. The van der Waals surface area contributed by atoms with Crippen molar-refractivity contribution >= 4 is 46.2 Å². The fourth-order valence-electron chi connectivity index (χ4n) is 2.49. The van der Waals surface area contributed by atoms with Crippen LogP contribution in [0, 0.1) is 11.3 Å². The predicted octanol–water partition coefficient (Wildman–Crippen LogP) is 4.87. The highest BCUT2D eigenvalue weighted by molar-refractivity contribution is 8.18. The number of likely N-dealkylation sites (N-methyl/N-ethyl adjacent to an activating group) is 1. The van der Waals surface area contributed by atoms with Gasteiger partial charge in [0.25, 0.3) is 5.91 Å². The number of rotatable bonds is 5. The summed E-state index contributed by atoms with van der Waals surface area (Å²) in [7, 11) is 0. The second kappa shape index (κ2) is 8.76. The lowest BCUT2D eigenvalue weighted by Gasteiger charge is -2.12. The number of nitriles is 1. The average Bonchev–Trinajstić information content (AvgIpc) is 2.94. The summed E-state index contributed by atoms with van der Waals surface area (Å²) in [5, 5.41) is 9.84. The molecule has 1 saturated heterocycles. The lowest BCUT2D eigenvalue weighted by Crippen LogP contribution is -2.28. The minimum Gasteiger partial charge on any atom is -0.479 e. The van der Waals surface area contributed by atoms with Crippen LogP contribution in [0.3, 0.4) is 0 Å². The van der Waals surface area contributed by atoms with Crippen LogP contribution in [0.5, 0.6) is 5.75 Å². The highest BCUT2D eigenvalue weighted by Crippen LogP contribution is 2.34. The van der Waals surface area contributed by atoms with Gasteiger partial charge in [-0.25, -0.2) is 4.99 Å². The van der Waals surface area contributed by atoms with Crippen LogP contribution in [0.25, 0.3) is 6.08 Å². The van der Waals surface area contributed by atoms with Crippen molar-refractivity contribution in [1.82, 2.24) is 4.90 Å². The molecule has 5 nitrogen and oxygen atoms in total. The van der Waals surface area contributed by atoms with Crippen molar-refractivity contribution < 1.29 is 9.53 Å². The molecule has 0 atom stereocenters. The molecule has 1 fully saturated rings. The average molecular weight is 398 g/mol. The van der Waals surface area contributed by atoms with Gasteiger partial charge in [0, 0.05) is 11.6 Å². The molecule has 27 heavy (non-hydrogen) atoms. The van der Waals surface area contributed by atoms with E-state index in [2.05, 4.69) is 4.99 Å². The third-order valence-corrected chi connectivity index (χ3v) is 4.94. The summed E-state index contributed by atoms with van der Waals surface area (Å²) in [6.45, 7) is 2.41. The molecular weight excluding hydrogens is 382 g/mol. The Morgan fingerprint density at radius 2 is 2.11 bits per heavy atom. The number of nitrogens with zero attached hydrogens (tertiary/aromatic N) is 3. The van der Waals surface area contributed by atoms with Crippen LogP contribution in [0.4, 0.5) is 5.69 Å². The molecular formula is C20H16ClN3O2S. The maximum atomic E-state index is 12.7. The van der Waals surface area contributed by atoms with Crippen molar-refractivity contribution in [3.63, 3.8) is 0 Å². The molecule has 0 N–H and O–H groups in total. The number of amides is 1. The van der Waals surface area contributed by atoms with E-state index in [9.17, 15) is 4.79 Å². The number of halogens is 1. The van der Waals surface area contributed by atoms with Crippen molar-refractivity contribution in [2.45, 2.75) is 6.92 Å². The van der Waals surface area contributed by atoms with Gasteiger partial charge in [-0.2, -0.15) is 5.26 Å². The Labute approximate surface area is 166 Å². The second-order valence-corrected chi connectivity index (χ2v) is 7.00. The minimum atomic E-state index is -0.0911. The molecule has 1 amide bonds. The van der Waals surface area contributed by atoms with Gasteiger partial charge >= 0.3 is 0 Å². The van der Waals surface area contributed by atoms with Gasteiger partial charge in [-0.05, 0) is 60.7 Å². The van der Waals surface area contributed by atoms with E-state index < -0.39 is 0 Å². The van der Waals surface area contributed by atoms with Crippen molar-refractivity contribution in [3.8, 4) is 11.8 Å². The van der Waals surface area contributed by atoms with E-state index >= 15 is 0 Å². The third kappa shape index (κ3) is 4.70. The number of carbonyl (C=O) groups is 1. The number of amidine groups is 1. The van der Waals surface area contributed by atoms with Crippen molar-refractivity contribution in [2.75, 3.05) is 13.2 Å². The highest BCUT2D eigenvalue weighted by atomic mass is 35.5. The zero-order chi connectivity index (χ0) is 19.2. The van der Waals surface area contributed by atoms with Crippen molar-refractivity contribution in [2.24, 2.45) is 4.99 Å². The molecule has 0 bridgehead atoms. The fourth-order valence-corrected chi connectivity index (χ4v) is 3.73. The highest BCUT2D eigenvalue weighted by Gasteiger charge is 2.32. The Balaban J connectivity index is 1.88. The second-order valence-electron chi connectivity index (χ2n) is 5.55. The topological polar surface area (TPSA) is 65.7 Å². The zero-order valence-electron chi connectivity index (χ0n) is 14.6. The number of hydrogen-bond donors (Lipinski definition) is 0. The standard InChI is InChI=1S/C20H16ClN3O2S/c1-2-24-19(25)18(12-14-5-3-8-17(11-14)26-10-9-22)27-20(24)23-16-7-4-6-15(21)13-16/h3-8,11-13H,2,10H2,1H3/b18-12-,23-20?. The molecule has 2 aromatic carbocycles. The zero-order valence-corrected chi connectivity index (χ0v) is 16.1. The molecule has 3 rings (SSSR count). The maximum absolute atomic E-state index is 12.7. The molecule has 136 valence electrons. The first kappa shape index (κ1) is 19.0. The Morgan fingerprint density at radius 1 is 1.30 bits per heavy atom. The largest absolute Gasteiger partial charge is 0.479 e. The third-order valence-electron chi connectivity index (χ3n) is 3.70. The monoisotopic (exact) mass is 397 g/mol. The normalized spacial score (nSPS) is 16.8. The number of carbonyl (C=O) groups excluding carboxylic acids is 1. The van der Waals surface area contributed by atoms with E-state index in [0.29, 0.717) is 33.1 Å². The molecule has 0 aromatic heterocycles. The van der Waals surface area contributed by atoms with Crippen LogP contribution in [0.15, 0.2) is 58.4 Å². The minimum absolute atomic E-state index is 0.0201. The van der Waals surface area contributed by atoms with Crippen molar-refractivity contribution in [1.29, 1.82) is 5.26 Å². The van der Waals surface area contributed by atoms with E-state index in [4.69, 9.17) is 21.6 Å². The summed E-state index contributed by atoms with van der Waals surface area (Å²) >= 11 is 7.34. The van der Waals surface area contributed by atoms with Crippen LogP contribution in [0.1, 0.15) is 12.5 Å². The molecule has 0 unspecified atom stereocenters. The summed E-state index contributed by atoms with van der Waals surface area (Å²) in [5.74, 6) is 0.494. The van der Waals surface area contributed by atoms with Crippen LogP contribution in [-0.2, 0) is 4.79 Å². The van der Waals surface area contributed by atoms with Gasteiger partial charge in [0.15, 0.2) is 11.8 Å². The Morgan fingerprint density at radius 3 is 2.85 bits per heavy atom. The van der Waals surface area contributed by atoms with E-state index in [1.54, 1.807) is 35.2 Å². The van der Waals surface area contributed by atoms with Crippen LogP contribution in [0.2, 0.25) is 5.02 Å². The lowest BCUT2D eigenvalue weighted by atomic mass is 10.2. The van der Waals surface area contributed by atoms with Gasteiger partial charge in [-0.15, -0.1) is 0 Å². The summed E-state index contributed by atoms with van der Waals surface area (Å²) < 4.78 is 5.31. The van der Waals surface area contributed by atoms with Gasteiger partial charge in [-0.1, -0.05) is 29.8 Å². The van der Waals surface area contributed by atoms with E-state index in [-0.39, 0.29) is 12.5 Å². The number of ether oxygens (including phenoxy) is 1. The smallest absolute Gasteiger partial charge is 0.266 e. The van der Waals surface area contributed by atoms with E-state index in [0.717, 1.165) is 5.56 Å².